The van der Waals surface area contributed by atoms with Crippen molar-refractivity contribution in [3.05, 3.63) is 12.7 Å². The molecule has 84 valence electrons. The summed E-state index contributed by atoms with van der Waals surface area (Å²) in [6.07, 6.45) is 4.95. The molecule has 0 aromatic rings. The number of carbonyl (C=O) groups is 1. The van der Waals surface area contributed by atoms with Crippen molar-refractivity contribution in [2.75, 3.05) is 0 Å². The molecule has 2 heteroatoms. The zero-order chi connectivity index (χ0) is 11.3. The molecule has 2 aliphatic carbocycles. The van der Waals surface area contributed by atoms with E-state index in [9.17, 15) is 4.79 Å². The third kappa shape index (κ3) is 1.27. The minimum Gasteiger partial charge on any atom is -0.455 e. The molecule has 0 amide bonds. The predicted molar refractivity (Wildman–Crippen MR) is 59.3 cm³/mol. The van der Waals surface area contributed by atoms with E-state index in [2.05, 4.69) is 27.4 Å². The highest BCUT2D eigenvalue weighted by molar-refractivity contribution is 5.81. The second kappa shape index (κ2) is 3.10. The fraction of sp³-hybridized carbons (Fsp3) is 0.769. The number of hydrogen-bond acceptors (Lipinski definition) is 2. The Labute approximate surface area is 91.7 Å². The first-order valence-electron chi connectivity index (χ1n) is 5.78. The van der Waals surface area contributed by atoms with Crippen molar-refractivity contribution < 1.29 is 9.53 Å². The van der Waals surface area contributed by atoms with Crippen molar-refractivity contribution in [3.8, 4) is 0 Å². The molecule has 2 nitrogen and oxygen atoms in total. The summed E-state index contributed by atoms with van der Waals surface area (Å²) >= 11 is 0. The number of fused-ring (bicyclic) bond motifs is 2. The largest absolute Gasteiger partial charge is 0.455 e. The van der Waals surface area contributed by atoms with Crippen molar-refractivity contribution in [2.24, 2.45) is 17.3 Å². The van der Waals surface area contributed by atoms with Gasteiger partial charge in [0.05, 0.1) is 0 Å². The van der Waals surface area contributed by atoms with Gasteiger partial charge in [0.1, 0.15) is 5.60 Å². The predicted octanol–water partition coefficient (Wildman–Crippen LogP) is 2.93. The van der Waals surface area contributed by atoms with E-state index in [1.54, 1.807) is 0 Å². The third-order valence-electron chi connectivity index (χ3n) is 5.03. The maximum Gasteiger partial charge on any atom is 0.330 e. The molecule has 2 bridgehead atoms. The molecule has 2 aliphatic rings. The maximum absolute atomic E-state index is 11.4. The summed E-state index contributed by atoms with van der Waals surface area (Å²) in [4.78, 5) is 11.4. The quantitative estimate of drug-likeness (QED) is 0.515. The summed E-state index contributed by atoms with van der Waals surface area (Å²) < 4.78 is 5.64. The first-order valence-corrected chi connectivity index (χ1v) is 5.78. The molecule has 4 atom stereocenters. The van der Waals surface area contributed by atoms with E-state index in [1.165, 1.54) is 25.3 Å². The lowest BCUT2D eigenvalue weighted by molar-refractivity contribution is -0.172. The van der Waals surface area contributed by atoms with Gasteiger partial charge in [0.25, 0.3) is 0 Å². The van der Waals surface area contributed by atoms with Gasteiger partial charge in [0.15, 0.2) is 0 Å². The van der Waals surface area contributed by atoms with E-state index in [4.69, 9.17) is 4.74 Å². The van der Waals surface area contributed by atoms with E-state index >= 15 is 0 Å². The fourth-order valence-electron chi connectivity index (χ4n) is 3.63. The highest BCUT2D eigenvalue weighted by Crippen LogP contribution is 2.63. The zero-order valence-electron chi connectivity index (χ0n) is 9.88. The normalized spacial score (nSPS) is 47.9. The number of carbonyl (C=O) groups excluding carboxylic acids is 1. The van der Waals surface area contributed by atoms with E-state index in [1.807, 2.05) is 0 Å². The molecule has 15 heavy (non-hydrogen) atoms. The molecule has 0 radical (unpaired) electrons. The highest BCUT2D eigenvalue weighted by Gasteiger charge is 2.63. The molecule has 2 fully saturated rings. The molecule has 2 rings (SSSR count). The smallest absolute Gasteiger partial charge is 0.330 e. The van der Waals surface area contributed by atoms with Gasteiger partial charge in [-0.15, -0.1) is 0 Å². The van der Waals surface area contributed by atoms with Gasteiger partial charge in [0.2, 0.25) is 0 Å². The third-order valence-corrected chi connectivity index (χ3v) is 5.03. The summed E-state index contributed by atoms with van der Waals surface area (Å²) in [6.45, 7) is 10.0. The SMILES string of the molecule is C=CC(=O)OC1(C)C(C)C2CCC1(C)C2. The van der Waals surface area contributed by atoms with Gasteiger partial charge in [-0.1, -0.05) is 20.4 Å². The average Bonchev–Trinajstić information content (AvgIpc) is 2.66. The lowest BCUT2D eigenvalue weighted by atomic mass is 9.69. The second-order valence-corrected chi connectivity index (χ2v) is 5.58. The van der Waals surface area contributed by atoms with Gasteiger partial charge in [-0.2, -0.15) is 0 Å². The Morgan fingerprint density at radius 3 is 2.67 bits per heavy atom. The van der Waals surface area contributed by atoms with Crippen molar-refractivity contribution in [1.29, 1.82) is 0 Å². The number of esters is 1. The van der Waals surface area contributed by atoms with Gasteiger partial charge in [-0.25, -0.2) is 4.79 Å². The molecule has 0 heterocycles. The molecule has 2 saturated carbocycles. The Morgan fingerprint density at radius 2 is 2.20 bits per heavy atom. The van der Waals surface area contributed by atoms with E-state index in [-0.39, 0.29) is 17.0 Å². The minimum absolute atomic E-state index is 0.176. The lowest BCUT2D eigenvalue weighted by Crippen LogP contribution is -2.48. The molecule has 0 aromatic heterocycles. The average molecular weight is 208 g/mol. The Bertz CT molecular complexity index is 310. The summed E-state index contributed by atoms with van der Waals surface area (Å²) in [5.41, 5.74) is -0.114. The van der Waals surface area contributed by atoms with Gasteiger partial charge < -0.3 is 4.74 Å². The van der Waals surface area contributed by atoms with E-state index in [0.29, 0.717) is 5.92 Å². The van der Waals surface area contributed by atoms with Gasteiger partial charge in [0, 0.05) is 11.5 Å². The standard InChI is InChI=1S/C13H20O2/c1-5-11(14)15-13(4)9(2)10-6-7-12(13,3)8-10/h5,9-10H,1,6-8H2,2-4H3. The molecule has 0 N–H and O–H groups in total. The number of hydrogen-bond donors (Lipinski definition) is 0. The zero-order valence-corrected chi connectivity index (χ0v) is 9.88. The van der Waals surface area contributed by atoms with Crippen LogP contribution in [0.15, 0.2) is 12.7 Å². The monoisotopic (exact) mass is 208 g/mol. The van der Waals surface area contributed by atoms with Crippen LogP contribution in [-0.4, -0.2) is 11.6 Å². The summed E-state index contributed by atoms with van der Waals surface area (Å²) in [5, 5.41) is 0. The summed E-state index contributed by atoms with van der Waals surface area (Å²) in [6, 6.07) is 0. The van der Waals surface area contributed by atoms with Crippen molar-refractivity contribution in [3.63, 3.8) is 0 Å². The maximum atomic E-state index is 11.4. The summed E-state index contributed by atoms with van der Waals surface area (Å²) in [5.74, 6) is 0.927. The van der Waals surface area contributed by atoms with Crippen LogP contribution in [0.25, 0.3) is 0 Å². The second-order valence-electron chi connectivity index (χ2n) is 5.58. The fourth-order valence-corrected chi connectivity index (χ4v) is 3.63. The summed E-state index contributed by atoms with van der Waals surface area (Å²) in [7, 11) is 0. The topological polar surface area (TPSA) is 26.3 Å². The molecular weight excluding hydrogens is 188 g/mol. The van der Waals surface area contributed by atoms with Crippen LogP contribution >= 0.6 is 0 Å². The number of ether oxygens (including phenoxy) is 1. The van der Waals surface area contributed by atoms with Crippen molar-refractivity contribution in [2.45, 2.75) is 45.6 Å². The molecule has 0 aliphatic heterocycles. The van der Waals surface area contributed by atoms with Crippen molar-refractivity contribution >= 4 is 5.97 Å². The molecular formula is C13H20O2. The van der Waals surface area contributed by atoms with Crippen LogP contribution in [0.1, 0.15) is 40.0 Å². The van der Waals surface area contributed by atoms with Crippen LogP contribution in [0.4, 0.5) is 0 Å². The van der Waals surface area contributed by atoms with Crippen LogP contribution in [0.2, 0.25) is 0 Å². The molecule has 0 aromatic carbocycles. The lowest BCUT2D eigenvalue weighted by Gasteiger charge is -2.44. The van der Waals surface area contributed by atoms with E-state index in [0.717, 1.165) is 5.92 Å². The Hall–Kier alpha value is -0.790. The Kier molecular flexibility index (Phi) is 2.21. The first-order chi connectivity index (χ1) is 6.93. The van der Waals surface area contributed by atoms with Crippen LogP contribution in [-0.2, 0) is 9.53 Å². The highest BCUT2D eigenvalue weighted by atomic mass is 16.6. The Morgan fingerprint density at radius 1 is 1.53 bits per heavy atom. The van der Waals surface area contributed by atoms with E-state index < -0.39 is 0 Å². The Balaban J connectivity index is 2.26. The van der Waals surface area contributed by atoms with Crippen LogP contribution in [0.5, 0.6) is 0 Å². The molecule has 0 spiro atoms. The van der Waals surface area contributed by atoms with Gasteiger partial charge >= 0.3 is 5.97 Å². The van der Waals surface area contributed by atoms with Gasteiger partial charge in [-0.3, -0.25) is 0 Å². The van der Waals surface area contributed by atoms with Gasteiger partial charge in [-0.05, 0) is 38.0 Å². The first kappa shape index (κ1) is 10.7. The van der Waals surface area contributed by atoms with Crippen LogP contribution in [0.3, 0.4) is 0 Å². The molecule has 0 saturated heterocycles. The minimum atomic E-state index is -0.290. The number of rotatable bonds is 2. The van der Waals surface area contributed by atoms with Crippen molar-refractivity contribution in [1.82, 2.24) is 0 Å². The van der Waals surface area contributed by atoms with Crippen LogP contribution < -0.4 is 0 Å². The molecule has 4 unspecified atom stereocenters. The van der Waals surface area contributed by atoms with Crippen LogP contribution in [0, 0.1) is 17.3 Å².